The Labute approximate surface area is 207 Å². The van der Waals surface area contributed by atoms with Gasteiger partial charge in [-0.3, -0.25) is 9.59 Å². The van der Waals surface area contributed by atoms with Crippen LogP contribution in [0.5, 0.6) is 0 Å². The zero-order valence-electron chi connectivity index (χ0n) is 21.3. The first-order valence-corrected chi connectivity index (χ1v) is 12.3. The highest BCUT2D eigenvalue weighted by molar-refractivity contribution is 6.11. The van der Waals surface area contributed by atoms with Gasteiger partial charge in [-0.25, -0.2) is 0 Å². The SMILES string of the molecule is CCOC(O)CNC(=O)c1ccc2cc(C(=O)c3ccc4c(c3)C(C)(C)CCC4(C)C)ccc2c1. The van der Waals surface area contributed by atoms with E-state index in [9.17, 15) is 14.7 Å². The topological polar surface area (TPSA) is 75.6 Å². The van der Waals surface area contributed by atoms with Gasteiger partial charge in [0.05, 0.1) is 6.54 Å². The summed E-state index contributed by atoms with van der Waals surface area (Å²) in [6.45, 7) is 11.2. The van der Waals surface area contributed by atoms with E-state index in [2.05, 4.69) is 45.1 Å². The van der Waals surface area contributed by atoms with E-state index in [1.807, 2.05) is 30.3 Å². The van der Waals surface area contributed by atoms with E-state index in [-0.39, 0.29) is 29.1 Å². The first kappa shape index (κ1) is 25.1. The number of ketones is 1. The Balaban J connectivity index is 1.57. The van der Waals surface area contributed by atoms with E-state index in [1.54, 1.807) is 19.1 Å². The molecule has 0 aromatic heterocycles. The molecule has 3 aromatic carbocycles. The Morgan fingerprint density at radius 2 is 1.40 bits per heavy atom. The van der Waals surface area contributed by atoms with Crippen LogP contribution in [-0.2, 0) is 15.6 Å². The van der Waals surface area contributed by atoms with Gasteiger partial charge in [0.15, 0.2) is 12.1 Å². The van der Waals surface area contributed by atoms with Crippen molar-refractivity contribution in [3.8, 4) is 0 Å². The van der Waals surface area contributed by atoms with Crippen LogP contribution in [0.15, 0.2) is 54.6 Å². The summed E-state index contributed by atoms with van der Waals surface area (Å²) in [5.74, 6) is -0.286. The standard InChI is InChI=1S/C30H35NO4/c1-6-35-26(32)18-31-28(34)23-10-8-19-15-21(9-7-20(19)16-23)27(33)22-11-12-24-25(17-22)30(4,5)14-13-29(24,2)3/h7-12,15-17,26,32H,6,13-14,18H2,1-5H3,(H,31,34). The highest BCUT2D eigenvalue weighted by atomic mass is 16.6. The van der Waals surface area contributed by atoms with E-state index in [0.717, 1.165) is 23.6 Å². The van der Waals surface area contributed by atoms with Crippen molar-refractivity contribution < 1.29 is 19.4 Å². The third-order valence-electron chi connectivity index (χ3n) is 7.28. The van der Waals surface area contributed by atoms with E-state index in [4.69, 9.17) is 4.74 Å². The van der Waals surface area contributed by atoms with Gasteiger partial charge >= 0.3 is 0 Å². The lowest BCUT2D eigenvalue weighted by Crippen LogP contribution is -2.34. The van der Waals surface area contributed by atoms with Crippen molar-refractivity contribution in [3.05, 3.63) is 82.4 Å². The smallest absolute Gasteiger partial charge is 0.251 e. The Bertz CT molecular complexity index is 1270. The Morgan fingerprint density at radius 3 is 2.06 bits per heavy atom. The average molecular weight is 474 g/mol. The number of aliphatic hydroxyl groups excluding tert-OH is 1. The molecule has 2 N–H and O–H groups in total. The highest BCUT2D eigenvalue weighted by Crippen LogP contribution is 2.46. The number of carbonyl (C=O) groups excluding carboxylic acids is 2. The van der Waals surface area contributed by atoms with Gasteiger partial charge in [-0.1, -0.05) is 58.0 Å². The minimum Gasteiger partial charge on any atom is -0.366 e. The Morgan fingerprint density at radius 1 is 0.857 bits per heavy atom. The molecule has 1 aliphatic carbocycles. The minimum absolute atomic E-state index is 0.000566. The quantitative estimate of drug-likeness (QED) is 0.351. The number of ether oxygens (including phenoxy) is 1. The number of fused-ring (bicyclic) bond motifs is 2. The highest BCUT2D eigenvalue weighted by Gasteiger charge is 2.37. The lowest BCUT2D eigenvalue weighted by Gasteiger charge is -2.42. The average Bonchev–Trinajstić information content (AvgIpc) is 2.84. The number of benzene rings is 3. The molecule has 0 radical (unpaired) electrons. The third-order valence-corrected chi connectivity index (χ3v) is 7.28. The largest absolute Gasteiger partial charge is 0.366 e. The van der Waals surface area contributed by atoms with Crippen LogP contribution in [0.25, 0.3) is 10.8 Å². The van der Waals surface area contributed by atoms with Gasteiger partial charge in [0.25, 0.3) is 5.91 Å². The predicted octanol–water partition coefficient (Wildman–Crippen LogP) is 5.50. The summed E-state index contributed by atoms with van der Waals surface area (Å²) in [4.78, 5) is 25.9. The molecule has 0 aliphatic heterocycles. The van der Waals surface area contributed by atoms with Gasteiger partial charge < -0.3 is 15.2 Å². The third kappa shape index (κ3) is 5.16. The predicted molar refractivity (Wildman–Crippen MR) is 139 cm³/mol. The van der Waals surface area contributed by atoms with Crippen LogP contribution in [-0.4, -0.2) is 36.2 Å². The second kappa shape index (κ2) is 9.56. The van der Waals surface area contributed by atoms with Crippen molar-refractivity contribution in [2.24, 2.45) is 0 Å². The molecule has 0 bridgehead atoms. The molecule has 1 unspecified atom stereocenters. The van der Waals surface area contributed by atoms with Crippen LogP contribution in [0.3, 0.4) is 0 Å². The van der Waals surface area contributed by atoms with Gasteiger partial charge in [0.2, 0.25) is 0 Å². The Hall–Kier alpha value is -3.02. The molecule has 0 saturated heterocycles. The summed E-state index contributed by atoms with van der Waals surface area (Å²) in [5.41, 5.74) is 4.58. The monoisotopic (exact) mass is 473 g/mol. The van der Waals surface area contributed by atoms with Crippen molar-refractivity contribution in [2.75, 3.05) is 13.2 Å². The maximum absolute atomic E-state index is 13.4. The van der Waals surface area contributed by atoms with Crippen LogP contribution in [0.4, 0.5) is 0 Å². The van der Waals surface area contributed by atoms with E-state index < -0.39 is 6.29 Å². The number of amides is 1. The molecule has 5 heteroatoms. The van der Waals surface area contributed by atoms with E-state index in [1.165, 1.54) is 11.1 Å². The molecule has 1 atom stereocenters. The molecule has 0 spiro atoms. The summed E-state index contributed by atoms with van der Waals surface area (Å²) >= 11 is 0. The van der Waals surface area contributed by atoms with Crippen molar-refractivity contribution in [3.63, 3.8) is 0 Å². The van der Waals surface area contributed by atoms with Gasteiger partial charge in [-0.15, -0.1) is 0 Å². The lowest BCUT2D eigenvalue weighted by atomic mass is 9.63. The molecule has 184 valence electrons. The van der Waals surface area contributed by atoms with Gasteiger partial charge in [-0.05, 0) is 76.8 Å². The maximum Gasteiger partial charge on any atom is 0.251 e. The zero-order chi connectivity index (χ0) is 25.4. The number of hydrogen-bond acceptors (Lipinski definition) is 4. The molecular formula is C30H35NO4. The van der Waals surface area contributed by atoms with Gasteiger partial charge in [0, 0.05) is 23.3 Å². The fourth-order valence-corrected chi connectivity index (χ4v) is 4.96. The first-order valence-electron chi connectivity index (χ1n) is 12.3. The summed E-state index contributed by atoms with van der Waals surface area (Å²) in [7, 11) is 0. The molecule has 0 heterocycles. The summed E-state index contributed by atoms with van der Waals surface area (Å²) in [6, 6.07) is 17.1. The number of carbonyl (C=O) groups is 2. The molecule has 5 nitrogen and oxygen atoms in total. The molecule has 35 heavy (non-hydrogen) atoms. The molecule has 4 rings (SSSR count). The Kier molecular flexibility index (Phi) is 6.85. The molecular weight excluding hydrogens is 438 g/mol. The van der Waals surface area contributed by atoms with Gasteiger partial charge in [0.1, 0.15) is 0 Å². The van der Waals surface area contributed by atoms with Crippen LogP contribution < -0.4 is 5.32 Å². The lowest BCUT2D eigenvalue weighted by molar-refractivity contribution is -0.0900. The van der Waals surface area contributed by atoms with Crippen molar-refractivity contribution >= 4 is 22.5 Å². The van der Waals surface area contributed by atoms with Crippen molar-refractivity contribution in [2.45, 2.75) is 64.6 Å². The molecule has 0 fully saturated rings. The van der Waals surface area contributed by atoms with Crippen LogP contribution in [0.2, 0.25) is 0 Å². The normalized spacial score (nSPS) is 17.0. The fraction of sp³-hybridized carbons (Fsp3) is 0.400. The van der Waals surface area contributed by atoms with E-state index >= 15 is 0 Å². The number of aliphatic hydroxyl groups is 1. The summed E-state index contributed by atoms with van der Waals surface area (Å²) in [5, 5.41) is 14.1. The molecule has 0 saturated carbocycles. The van der Waals surface area contributed by atoms with Crippen LogP contribution >= 0.6 is 0 Å². The zero-order valence-corrected chi connectivity index (χ0v) is 21.3. The summed E-state index contributed by atoms with van der Waals surface area (Å²) in [6.07, 6.45) is 1.21. The number of hydrogen-bond donors (Lipinski definition) is 2. The minimum atomic E-state index is -1.03. The summed E-state index contributed by atoms with van der Waals surface area (Å²) < 4.78 is 5.03. The molecule has 1 amide bonds. The second-order valence-electron chi connectivity index (χ2n) is 10.8. The van der Waals surface area contributed by atoms with Crippen molar-refractivity contribution in [1.29, 1.82) is 0 Å². The maximum atomic E-state index is 13.4. The second-order valence-corrected chi connectivity index (χ2v) is 10.8. The molecule has 3 aromatic rings. The van der Waals surface area contributed by atoms with Crippen LogP contribution in [0, 0.1) is 0 Å². The van der Waals surface area contributed by atoms with Crippen LogP contribution in [0.1, 0.15) is 84.9 Å². The molecule has 1 aliphatic rings. The fourth-order valence-electron chi connectivity index (χ4n) is 4.96. The number of rotatable bonds is 7. The van der Waals surface area contributed by atoms with Gasteiger partial charge in [-0.2, -0.15) is 0 Å². The van der Waals surface area contributed by atoms with E-state index in [0.29, 0.717) is 23.3 Å². The van der Waals surface area contributed by atoms with Crippen molar-refractivity contribution in [1.82, 2.24) is 5.32 Å². The first-order chi connectivity index (χ1) is 16.5. The number of nitrogens with one attached hydrogen (secondary N) is 1.